The topological polar surface area (TPSA) is 83.9 Å². The highest BCUT2D eigenvalue weighted by atomic mass is 19.1. The number of carbonyl (C=O) groups is 1. The second-order valence-electron chi connectivity index (χ2n) is 8.37. The number of carboxylic acid groups (broad SMARTS) is 1. The lowest BCUT2D eigenvalue weighted by Gasteiger charge is -2.29. The lowest BCUT2D eigenvalue weighted by Crippen LogP contribution is -2.20. The number of fused-ring (bicyclic) bond motifs is 1. The zero-order valence-electron chi connectivity index (χ0n) is 19.5. The van der Waals surface area contributed by atoms with Crippen LogP contribution in [0.3, 0.4) is 0 Å². The fourth-order valence-corrected chi connectivity index (χ4v) is 4.49. The maximum Gasteiger partial charge on any atom is 0.511 e. The molecule has 4 rings (SSSR count). The van der Waals surface area contributed by atoms with Crippen molar-refractivity contribution in [1.82, 2.24) is 4.98 Å². The lowest BCUT2D eigenvalue weighted by atomic mass is 9.82. The van der Waals surface area contributed by atoms with Crippen molar-refractivity contribution >= 4 is 23.2 Å². The number of halogens is 1. The van der Waals surface area contributed by atoms with Crippen LogP contribution in [0.25, 0.3) is 0 Å². The summed E-state index contributed by atoms with van der Waals surface area (Å²) in [5.41, 5.74) is 5.68. The van der Waals surface area contributed by atoms with Crippen molar-refractivity contribution < 1.29 is 23.8 Å². The number of benzene rings is 2. The molecule has 0 bridgehead atoms. The maximum atomic E-state index is 13.8. The Bertz CT molecular complexity index is 1200. The van der Waals surface area contributed by atoms with Gasteiger partial charge >= 0.3 is 6.16 Å². The van der Waals surface area contributed by atoms with E-state index in [1.807, 2.05) is 18.9 Å². The molecule has 34 heavy (non-hydrogen) atoms. The number of anilines is 3. The van der Waals surface area contributed by atoms with E-state index < -0.39 is 6.16 Å². The summed E-state index contributed by atoms with van der Waals surface area (Å²) in [6, 6.07) is 12.8. The first-order valence-electron chi connectivity index (χ1n) is 11.2. The van der Waals surface area contributed by atoms with Crippen LogP contribution < -0.4 is 19.7 Å². The molecule has 178 valence electrons. The molecule has 0 radical (unpaired) electrons. The largest absolute Gasteiger partial charge is 0.511 e. The Morgan fingerprint density at radius 2 is 1.97 bits per heavy atom. The molecule has 1 aliphatic rings. The summed E-state index contributed by atoms with van der Waals surface area (Å²) < 4.78 is 23.9. The maximum absolute atomic E-state index is 13.8. The first-order chi connectivity index (χ1) is 16.4. The third-order valence-corrected chi connectivity index (χ3v) is 6.30. The van der Waals surface area contributed by atoms with E-state index in [9.17, 15) is 9.18 Å². The van der Waals surface area contributed by atoms with Gasteiger partial charge in [-0.3, -0.25) is 4.98 Å². The molecule has 1 heterocycles. The molecule has 8 heteroatoms. The number of pyridine rings is 1. The molecular weight excluding hydrogens is 437 g/mol. The van der Waals surface area contributed by atoms with Crippen molar-refractivity contribution in [3.05, 3.63) is 71.3 Å². The van der Waals surface area contributed by atoms with Gasteiger partial charge in [0.15, 0.2) is 17.3 Å². The highest BCUT2D eigenvalue weighted by molar-refractivity contribution is 5.69. The molecule has 0 saturated heterocycles. The van der Waals surface area contributed by atoms with E-state index in [-0.39, 0.29) is 23.2 Å². The van der Waals surface area contributed by atoms with Crippen LogP contribution in [0.2, 0.25) is 0 Å². The summed E-state index contributed by atoms with van der Waals surface area (Å²) in [5, 5.41) is 12.4. The first kappa shape index (κ1) is 23.4. The third kappa shape index (κ3) is 4.90. The number of hydrogen-bond acceptors (Lipinski definition) is 6. The van der Waals surface area contributed by atoms with Crippen LogP contribution in [-0.4, -0.2) is 36.9 Å². The molecule has 0 fully saturated rings. The predicted molar refractivity (Wildman–Crippen MR) is 129 cm³/mol. The summed E-state index contributed by atoms with van der Waals surface area (Å²) in [6.45, 7) is 2.46. The van der Waals surface area contributed by atoms with Crippen LogP contribution >= 0.6 is 0 Å². The second kappa shape index (κ2) is 9.99. The van der Waals surface area contributed by atoms with Gasteiger partial charge in [-0.25, -0.2) is 9.18 Å². The molecular formula is C26H28FN3O4. The quantitative estimate of drug-likeness (QED) is 0.421. The normalized spacial score (nSPS) is 14.8. The van der Waals surface area contributed by atoms with Gasteiger partial charge in [-0.15, -0.1) is 0 Å². The number of methoxy groups -OCH3 is 1. The van der Waals surface area contributed by atoms with E-state index in [1.54, 1.807) is 18.2 Å². The van der Waals surface area contributed by atoms with Crippen molar-refractivity contribution in [2.75, 3.05) is 30.9 Å². The molecule has 1 aromatic heterocycles. The number of aryl methyl sites for hydroxylation is 2. The van der Waals surface area contributed by atoms with Gasteiger partial charge in [0.1, 0.15) is 0 Å². The van der Waals surface area contributed by atoms with Crippen molar-refractivity contribution in [2.24, 2.45) is 0 Å². The number of aromatic nitrogens is 1. The van der Waals surface area contributed by atoms with Crippen LogP contribution in [0, 0.1) is 12.7 Å². The SMILES string of the molecule is COc1cc(N(C)c2ccc3c(c2)CCC[C@H]3CNc2c(OC(=O)O)ccnc2C)ccc1F. The van der Waals surface area contributed by atoms with Gasteiger partial charge in [0.05, 0.1) is 18.5 Å². The number of nitrogens with one attached hydrogen (secondary N) is 1. The molecule has 1 atom stereocenters. The fraction of sp³-hybridized carbons (Fsp3) is 0.308. The van der Waals surface area contributed by atoms with Crippen molar-refractivity contribution in [1.29, 1.82) is 0 Å². The van der Waals surface area contributed by atoms with Crippen LogP contribution in [0.1, 0.15) is 35.6 Å². The zero-order chi connectivity index (χ0) is 24.2. The second-order valence-corrected chi connectivity index (χ2v) is 8.37. The van der Waals surface area contributed by atoms with Gasteiger partial charge in [0.2, 0.25) is 0 Å². The number of ether oxygens (including phenoxy) is 2. The van der Waals surface area contributed by atoms with Gasteiger partial charge in [0, 0.05) is 49.2 Å². The van der Waals surface area contributed by atoms with Crippen LogP contribution in [-0.2, 0) is 6.42 Å². The predicted octanol–water partition coefficient (Wildman–Crippen LogP) is 5.89. The minimum absolute atomic E-state index is 0.213. The number of rotatable bonds is 7. The minimum Gasteiger partial charge on any atom is -0.494 e. The molecule has 2 aromatic carbocycles. The molecule has 2 N–H and O–H groups in total. The Morgan fingerprint density at radius 3 is 2.74 bits per heavy atom. The van der Waals surface area contributed by atoms with Crippen LogP contribution in [0.5, 0.6) is 11.5 Å². The van der Waals surface area contributed by atoms with E-state index in [0.29, 0.717) is 17.9 Å². The Morgan fingerprint density at radius 1 is 1.21 bits per heavy atom. The molecule has 7 nitrogen and oxygen atoms in total. The van der Waals surface area contributed by atoms with E-state index in [2.05, 4.69) is 28.5 Å². The summed E-state index contributed by atoms with van der Waals surface area (Å²) in [6.07, 6.45) is 3.25. The molecule has 3 aromatic rings. The fourth-order valence-electron chi connectivity index (χ4n) is 4.49. The summed E-state index contributed by atoms with van der Waals surface area (Å²) in [7, 11) is 3.41. The van der Waals surface area contributed by atoms with Gasteiger partial charge in [-0.1, -0.05) is 6.07 Å². The van der Waals surface area contributed by atoms with E-state index in [0.717, 1.165) is 30.6 Å². The Kier molecular flexibility index (Phi) is 6.86. The highest BCUT2D eigenvalue weighted by Gasteiger charge is 2.22. The summed E-state index contributed by atoms with van der Waals surface area (Å²) >= 11 is 0. The zero-order valence-corrected chi connectivity index (χ0v) is 19.5. The molecule has 0 spiro atoms. The molecule has 1 aliphatic carbocycles. The Balaban J connectivity index is 1.53. The van der Waals surface area contributed by atoms with Gasteiger partial charge < -0.3 is 24.8 Å². The van der Waals surface area contributed by atoms with Crippen LogP contribution in [0.4, 0.5) is 26.2 Å². The summed E-state index contributed by atoms with van der Waals surface area (Å²) in [4.78, 5) is 17.3. The molecule has 0 unspecified atom stereocenters. The first-order valence-corrected chi connectivity index (χ1v) is 11.2. The standard InChI is InChI=1S/C26H28FN3O4/c1-16-25(23(11-12-28-16)34-26(31)32)29-15-18-6-4-5-17-13-19(7-9-21(17)18)30(2)20-8-10-22(27)24(14-20)33-3/h7-14,18,29H,4-6,15H2,1-3H3,(H,31,32)/t18-/m0/s1. The molecule has 0 aliphatic heterocycles. The highest BCUT2D eigenvalue weighted by Crippen LogP contribution is 2.37. The van der Waals surface area contributed by atoms with E-state index >= 15 is 0 Å². The summed E-state index contributed by atoms with van der Waals surface area (Å²) in [5.74, 6) is 0.348. The van der Waals surface area contributed by atoms with E-state index in [1.165, 1.54) is 30.5 Å². The van der Waals surface area contributed by atoms with Crippen LogP contribution in [0.15, 0.2) is 48.7 Å². The average Bonchev–Trinajstić information content (AvgIpc) is 2.83. The minimum atomic E-state index is -1.35. The van der Waals surface area contributed by atoms with Gasteiger partial charge in [-0.2, -0.15) is 0 Å². The Labute approximate surface area is 198 Å². The van der Waals surface area contributed by atoms with Crippen molar-refractivity contribution in [2.45, 2.75) is 32.1 Å². The monoisotopic (exact) mass is 465 g/mol. The molecule has 0 amide bonds. The van der Waals surface area contributed by atoms with Crippen molar-refractivity contribution in [3.8, 4) is 11.5 Å². The van der Waals surface area contributed by atoms with E-state index in [4.69, 9.17) is 14.6 Å². The Hall–Kier alpha value is -3.81. The molecule has 0 saturated carbocycles. The van der Waals surface area contributed by atoms with Gasteiger partial charge in [0.25, 0.3) is 0 Å². The van der Waals surface area contributed by atoms with Crippen molar-refractivity contribution in [3.63, 3.8) is 0 Å². The number of nitrogens with zero attached hydrogens (tertiary/aromatic N) is 2. The third-order valence-electron chi connectivity index (χ3n) is 6.30. The number of hydrogen-bond donors (Lipinski definition) is 2. The average molecular weight is 466 g/mol. The lowest BCUT2D eigenvalue weighted by molar-refractivity contribution is 0.144. The smallest absolute Gasteiger partial charge is 0.494 e. The van der Waals surface area contributed by atoms with Gasteiger partial charge in [-0.05, 0) is 61.6 Å².